The van der Waals surface area contributed by atoms with E-state index in [2.05, 4.69) is 189 Å². The van der Waals surface area contributed by atoms with Gasteiger partial charge in [-0.25, -0.2) is 0 Å². The molecule has 2 aliphatic heterocycles. The van der Waals surface area contributed by atoms with Crippen LogP contribution in [0.2, 0.25) is 0 Å². The summed E-state index contributed by atoms with van der Waals surface area (Å²) in [4.78, 5) is 2.65. The number of nitrogens with zero attached hydrogens (tertiary/aromatic N) is 1. The van der Waals surface area contributed by atoms with Crippen molar-refractivity contribution in [2.24, 2.45) is 0 Å². The maximum absolute atomic E-state index is 4.07. The number of rotatable bonds is 8. The maximum Gasteiger partial charge on any atom is 0.198 e. The van der Waals surface area contributed by atoms with E-state index >= 15 is 0 Å². The van der Waals surface area contributed by atoms with Gasteiger partial charge in [0.05, 0.1) is 16.1 Å². The highest BCUT2D eigenvalue weighted by molar-refractivity contribution is 7.26. The first kappa shape index (κ1) is 35.1. The number of fused-ring (bicyclic) bond motifs is 8. The van der Waals surface area contributed by atoms with E-state index in [0.717, 1.165) is 25.1 Å². The number of aryl methyl sites for hydroxylation is 1. The van der Waals surface area contributed by atoms with Crippen LogP contribution in [0, 0.1) is 0 Å². The van der Waals surface area contributed by atoms with Crippen LogP contribution in [0.3, 0.4) is 0 Å². The lowest BCUT2D eigenvalue weighted by molar-refractivity contribution is 0.633. The molecule has 0 saturated carbocycles. The second kappa shape index (κ2) is 13.8. The van der Waals surface area contributed by atoms with Crippen molar-refractivity contribution in [1.82, 2.24) is 0 Å². The molecule has 2 aliphatic rings. The molecule has 0 bridgehead atoms. The van der Waals surface area contributed by atoms with Crippen LogP contribution in [0.25, 0.3) is 53.2 Å². The number of hydrogen-bond donors (Lipinski definition) is 1. The van der Waals surface area contributed by atoms with Crippen LogP contribution in [0.5, 0.6) is 0 Å². The van der Waals surface area contributed by atoms with Crippen molar-refractivity contribution < 1.29 is 0 Å². The highest BCUT2D eigenvalue weighted by atomic mass is 32.1. The van der Waals surface area contributed by atoms with Crippen LogP contribution in [0.1, 0.15) is 56.7 Å². The number of unbranched alkanes of at least 4 members (excludes halogenated alkanes) is 2. The fraction of sp³-hybridized carbons (Fsp3) is 0.148. The maximum atomic E-state index is 4.07. The molecule has 0 unspecified atom stereocenters. The van der Waals surface area contributed by atoms with Crippen molar-refractivity contribution >= 4 is 88.9 Å². The summed E-state index contributed by atoms with van der Waals surface area (Å²) in [7, 11) is 0.879. The van der Waals surface area contributed by atoms with Crippen molar-refractivity contribution in [2.45, 2.75) is 51.9 Å². The minimum absolute atomic E-state index is 0.141. The molecule has 58 heavy (non-hydrogen) atoms. The quantitative estimate of drug-likeness (QED) is 0.122. The number of nitrogens with one attached hydrogen (secondary N) is 1. The molecule has 0 spiro atoms. The summed E-state index contributed by atoms with van der Waals surface area (Å²) in [6.45, 7) is 7.13. The van der Waals surface area contributed by atoms with Gasteiger partial charge in [0.1, 0.15) is 0 Å². The van der Waals surface area contributed by atoms with Crippen molar-refractivity contribution in [2.75, 3.05) is 10.2 Å². The average molecular weight is 765 g/mol. The monoisotopic (exact) mass is 764 g/mol. The summed E-state index contributed by atoms with van der Waals surface area (Å²) in [5.74, 6) is 0. The Morgan fingerprint density at radius 3 is 2.24 bits per heavy atom. The minimum Gasteiger partial charge on any atom is -0.354 e. The standard InChI is InChI=1S/C54H45BN2S/c1-4-5-7-16-34-29-42(51-49(30-34)57-48-33-37-20-11-10-19-36(37)31-44(48)54(2,3)43-23-15-24-45(55-51)52(43)57)39-28-27-38(35-17-8-6-9-18-35)32-47(39)56-46-25-14-22-41-40-21-12-13-26-50(40)58-53(41)46/h6,8-15,17-33,55-56H,4-5,7,16H2,1-3H3. The van der Waals surface area contributed by atoms with Crippen LogP contribution in [0.4, 0.5) is 28.4 Å². The lowest BCUT2D eigenvalue weighted by Gasteiger charge is -2.46. The third-order valence-corrected chi connectivity index (χ3v) is 14.1. The third-order valence-electron chi connectivity index (χ3n) is 12.8. The van der Waals surface area contributed by atoms with Gasteiger partial charge < -0.3 is 10.2 Å². The molecule has 0 aliphatic carbocycles. The predicted octanol–water partition coefficient (Wildman–Crippen LogP) is 13.8. The Balaban J connectivity index is 1.16. The Labute approximate surface area is 346 Å². The van der Waals surface area contributed by atoms with Crippen molar-refractivity contribution in [1.29, 1.82) is 0 Å². The zero-order valence-electron chi connectivity index (χ0n) is 33.4. The molecule has 1 aromatic heterocycles. The molecule has 9 aromatic rings. The molecule has 280 valence electrons. The smallest absolute Gasteiger partial charge is 0.198 e. The van der Waals surface area contributed by atoms with E-state index in [4.69, 9.17) is 0 Å². The minimum atomic E-state index is -0.141. The van der Waals surface area contributed by atoms with Crippen LogP contribution < -0.4 is 21.1 Å². The topological polar surface area (TPSA) is 15.3 Å². The fourth-order valence-corrected chi connectivity index (χ4v) is 11.0. The van der Waals surface area contributed by atoms with Crippen molar-refractivity contribution in [3.8, 4) is 22.3 Å². The SMILES string of the molecule is CCCCCc1cc(-c2ccc(-c3ccccc3)cc2Nc2cccc3c2sc2ccccc23)c2c(c1)N1c3cc4ccccc4cc3C(C)(C)c3cccc(c31)B2. The first-order chi connectivity index (χ1) is 28.5. The Kier molecular flexibility index (Phi) is 8.34. The van der Waals surface area contributed by atoms with Crippen molar-refractivity contribution in [3.05, 3.63) is 174 Å². The van der Waals surface area contributed by atoms with Gasteiger partial charge in [-0.2, -0.15) is 0 Å². The number of benzene rings is 8. The van der Waals surface area contributed by atoms with E-state index < -0.39 is 0 Å². The Hall–Kier alpha value is -6.10. The van der Waals surface area contributed by atoms with E-state index in [1.165, 1.54) is 117 Å². The lowest BCUT2D eigenvalue weighted by atomic mass is 9.55. The highest BCUT2D eigenvalue weighted by Gasteiger charge is 2.41. The molecule has 0 atom stereocenters. The van der Waals surface area contributed by atoms with Crippen LogP contribution in [-0.4, -0.2) is 7.28 Å². The van der Waals surface area contributed by atoms with Gasteiger partial charge in [0, 0.05) is 43.5 Å². The van der Waals surface area contributed by atoms with E-state index in [1.807, 2.05) is 11.3 Å². The van der Waals surface area contributed by atoms with Crippen LogP contribution in [0.15, 0.2) is 158 Å². The largest absolute Gasteiger partial charge is 0.354 e. The van der Waals surface area contributed by atoms with Gasteiger partial charge >= 0.3 is 0 Å². The highest BCUT2D eigenvalue weighted by Crippen LogP contribution is 2.53. The molecular weight excluding hydrogens is 719 g/mol. The lowest BCUT2D eigenvalue weighted by Crippen LogP contribution is -2.45. The van der Waals surface area contributed by atoms with Crippen molar-refractivity contribution in [3.63, 3.8) is 0 Å². The van der Waals surface area contributed by atoms with E-state index in [0.29, 0.717) is 0 Å². The normalized spacial score (nSPS) is 13.6. The molecule has 0 saturated heterocycles. The second-order valence-corrected chi connectivity index (χ2v) is 17.8. The van der Waals surface area contributed by atoms with Crippen LogP contribution >= 0.6 is 11.3 Å². The molecule has 1 N–H and O–H groups in total. The molecule has 0 fully saturated rings. The summed E-state index contributed by atoms with van der Waals surface area (Å²) >= 11 is 1.87. The molecule has 0 amide bonds. The zero-order chi connectivity index (χ0) is 39.0. The number of para-hydroxylation sites is 1. The van der Waals surface area contributed by atoms with Crippen LogP contribution in [-0.2, 0) is 11.8 Å². The van der Waals surface area contributed by atoms with Gasteiger partial charge in [0.2, 0.25) is 0 Å². The third kappa shape index (κ3) is 5.61. The van der Waals surface area contributed by atoms with Gasteiger partial charge in [0.15, 0.2) is 7.28 Å². The summed E-state index contributed by atoms with van der Waals surface area (Å²) < 4.78 is 2.60. The molecule has 0 radical (unpaired) electrons. The molecule has 4 heteroatoms. The summed E-state index contributed by atoms with van der Waals surface area (Å²) in [5.41, 5.74) is 18.1. The Morgan fingerprint density at radius 1 is 0.603 bits per heavy atom. The number of hydrogen-bond acceptors (Lipinski definition) is 3. The van der Waals surface area contributed by atoms with Gasteiger partial charge in [-0.15, -0.1) is 11.3 Å². The van der Waals surface area contributed by atoms with Gasteiger partial charge in [0.25, 0.3) is 0 Å². The van der Waals surface area contributed by atoms with E-state index in [9.17, 15) is 0 Å². The summed E-state index contributed by atoms with van der Waals surface area (Å²) in [6, 6.07) is 59.3. The van der Waals surface area contributed by atoms with E-state index in [-0.39, 0.29) is 5.41 Å². The van der Waals surface area contributed by atoms with Gasteiger partial charge in [-0.3, -0.25) is 0 Å². The predicted molar refractivity (Wildman–Crippen MR) is 254 cm³/mol. The summed E-state index contributed by atoms with van der Waals surface area (Å²) in [5, 5.41) is 9.26. The molecule has 11 rings (SSSR count). The molecule has 2 nitrogen and oxygen atoms in total. The summed E-state index contributed by atoms with van der Waals surface area (Å²) in [6.07, 6.45) is 4.66. The number of anilines is 5. The fourth-order valence-electron chi connectivity index (χ4n) is 9.87. The molecule has 3 heterocycles. The number of thiophene rings is 1. The second-order valence-electron chi connectivity index (χ2n) is 16.8. The molecular formula is C54H45BN2S. The van der Waals surface area contributed by atoms with Gasteiger partial charge in [-0.05, 0) is 98.9 Å². The molecule has 8 aromatic carbocycles. The average Bonchev–Trinajstić information content (AvgIpc) is 3.65. The Morgan fingerprint density at radius 2 is 1.38 bits per heavy atom. The van der Waals surface area contributed by atoms with E-state index in [1.54, 1.807) is 0 Å². The first-order valence-corrected chi connectivity index (χ1v) is 21.8. The first-order valence-electron chi connectivity index (χ1n) is 20.9. The zero-order valence-corrected chi connectivity index (χ0v) is 34.2. The Bertz CT molecular complexity index is 3070. The van der Waals surface area contributed by atoms with Gasteiger partial charge in [-0.1, -0.05) is 160 Å².